The Hall–Kier alpha value is 0.190. The number of rotatable bonds is 8. The Bertz CT molecular complexity index is 306. The second-order valence-electron chi connectivity index (χ2n) is 9.61. The maximum absolute atomic E-state index is 12.3. The zero-order valence-electron chi connectivity index (χ0n) is 15.7. The molecule has 0 bridgehead atoms. The Balaban J connectivity index is 4.12. The zero-order valence-corrected chi connectivity index (χ0v) is 16.6. The first-order valence-electron chi connectivity index (χ1n) is 8.51. The van der Waals surface area contributed by atoms with Crippen LogP contribution in [0.15, 0.2) is 0 Å². The number of hydrogen-bond donors (Lipinski definition) is 1. The van der Waals surface area contributed by atoms with Crippen LogP contribution in [0.1, 0.15) is 81.1 Å². The minimum atomic E-state index is -2.93. The summed E-state index contributed by atoms with van der Waals surface area (Å²) in [6.07, 6.45) is 4.97. The van der Waals surface area contributed by atoms with E-state index < -0.39 is 7.37 Å². The molecule has 2 unspecified atom stereocenters. The Labute approximate surface area is 133 Å². The summed E-state index contributed by atoms with van der Waals surface area (Å²) in [5.74, 6) is 1.05. The molecular weight excluding hydrogens is 279 g/mol. The summed E-state index contributed by atoms with van der Waals surface area (Å²) in [5.41, 5.74) is 0.611. The van der Waals surface area contributed by atoms with Gasteiger partial charge in [-0.15, -0.1) is 0 Å². The molecule has 0 spiro atoms. The first-order chi connectivity index (χ1) is 9.20. The van der Waals surface area contributed by atoms with Gasteiger partial charge < -0.3 is 4.89 Å². The molecule has 0 aromatic heterocycles. The van der Waals surface area contributed by atoms with Crippen molar-refractivity contribution in [2.24, 2.45) is 22.7 Å². The van der Waals surface area contributed by atoms with Gasteiger partial charge in [-0.05, 0) is 48.3 Å². The van der Waals surface area contributed by atoms with Gasteiger partial charge in [-0.3, -0.25) is 4.57 Å². The minimum absolute atomic E-state index is 0.306. The van der Waals surface area contributed by atoms with Crippen molar-refractivity contribution >= 4 is 7.37 Å². The zero-order chi connectivity index (χ0) is 16.9. The molecule has 0 aromatic carbocycles. The van der Waals surface area contributed by atoms with Gasteiger partial charge in [0.1, 0.15) is 0 Å². The highest BCUT2D eigenvalue weighted by atomic mass is 31.2. The Morgan fingerprint density at radius 1 is 0.810 bits per heavy atom. The SMILES string of the molecule is CC(CCP(=O)(O)CCC(C)CC(C)(C)C)CC(C)(C)C. The lowest BCUT2D eigenvalue weighted by molar-refractivity contribution is 0.298. The third-order valence-electron chi connectivity index (χ3n) is 3.86. The van der Waals surface area contributed by atoms with E-state index in [1.165, 1.54) is 0 Å². The summed E-state index contributed by atoms with van der Waals surface area (Å²) in [5, 5.41) is 0. The van der Waals surface area contributed by atoms with E-state index in [4.69, 9.17) is 0 Å². The summed E-state index contributed by atoms with van der Waals surface area (Å²) < 4.78 is 12.3. The van der Waals surface area contributed by atoms with Crippen LogP contribution >= 0.6 is 7.37 Å². The molecule has 128 valence electrons. The van der Waals surface area contributed by atoms with Crippen molar-refractivity contribution in [2.75, 3.05) is 12.3 Å². The number of hydrogen-bond acceptors (Lipinski definition) is 1. The van der Waals surface area contributed by atoms with E-state index >= 15 is 0 Å². The van der Waals surface area contributed by atoms with E-state index in [1.807, 2.05) is 0 Å². The average Bonchev–Trinajstić information content (AvgIpc) is 2.19. The van der Waals surface area contributed by atoms with Crippen LogP contribution in [0, 0.1) is 22.7 Å². The van der Waals surface area contributed by atoms with Gasteiger partial charge in [-0.2, -0.15) is 0 Å². The fourth-order valence-corrected chi connectivity index (χ4v) is 5.16. The molecule has 0 saturated carbocycles. The molecule has 3 heteroatoms. The van der Waals surface area contributed by atoms with Gasteiger partial charge in [0.05, 0.1) is 0 Å². The van der Waals surface area contributed by atoms with E-state index in [0.29, 0.717) is 35.0 Å². The lowest BCUT2D eigenvalue weighted by atomic mass is 9.84. The third-order valence-corrected chi connectivity index (χ3v) is 5.78. The largest absolute Gasteiger partial charge is 0.344 e. The van der Waals surface area contributed by atoms with Crippen molar-refractivity contribution in [1.82, 2.24) is 0 Å². The highest BCUT2D eigenvalue weighted by Crippen LogP contribution is 2.44. The van der Waals surface area contributed by atoms with Gasteiger partial charge in [-0.1, -0.05) is 55.4 Å². The van der Waals surface area contributed by atoms with Crippen LogP contribution in [0.5, 0.6) is 0 Å². The molecule has 0 rings (SSSR count). The third kappa shape index (κ3) is 13.6. The van der Waals surface area contributed by atoms with Gasteiger partial charge in [0, 0.05) is 12.3 Å². The summed E-state index contributed by atoms with van der Waals surface area (Å²) in [6.45, 7) is 17.8. The first-order valence-corrected chi connectivity index (χ1v) is 10.5. The fourth-order valence-electron chi connectivity index (χ4n) is 3.25. The van der Waals surface area contributed by atoms with E-state index in [-0.39, 0.29) is 0 Å². The molecule has 0 heterocycles. The van der Waals surface area contributed by atoms with Crippen LogP contribution in [0.4, 0.5) is 0 Å². The fraction of sp³-hybridized carbons (Fsp3) is 1.00. The molecule has 2 nitrogen and oxygen atoms in total. The molecular formula is C18H39O2P. The molecule has 2 atom stereocenters. The van der Waals surface area contributed by atoms with Gasteiger partial charge in [0.15, 0.2) is 0 Å². The van der Waals surface area contributed by atoms with Gasteiger partial charge >= 0.3 is 0 Å². The molecule has 0 aliphatic rings. The second-order valence-corrected chi connectivity index (χ2v) is 12.2. The topological polar surface area (TPSA) is 37.3 Å². The highest BCUT2D eigenvalue weighted by molar-refractivity contribution is 7.57. The van der Waals surface area contributed by atoms with Crippen LogP contribution in [-0.2, 0) is 4.57 Å². The Kier molecular flexibility index (Phi) is 8.23. The van der Waals surface area contributed by atoms with Crippen LogP contribution < -0.4 is 0 Å². The normalized spacial score (nSPS) is 19.1. The van der Waals surface area contributed by atoms with Crippen LogP contribution in [0.3, 0.4) is 0 Å². The molecule has 0 amide bonds. The summed E-state index contributed by atoms with van der Waals surface area (Å²) >= 11 is 0. The molecule has 0 radical (unpaired) electrons. The lowest BCUT2D eigenvalue weighted by Gasteiger charge is -2.25. The Morgan fingerprint density at radius 2 is 1.10 bits per heavy atom. The molecule has 0 saturated heterocycles. The maximum atomic E-state index is 12.3. The van der Waals surface area contributed by atoms with E-state index in [1.54, 1.807) is 0 Å². The van der Waals surface area contributed by atoms with Gasteiger partial charge in [0.2, 0.25) is 7.37 Å². The summed E-state index contributed by atoms with van der Waals surface area (Å²) in [4.78, 5) is 10.2. The van der Waals surface area contributed by atoms with Crippen molar-refractivity contribution in [1.29, 1.82) is 0 Å². The van der Waals surface area contributed by atoms with E-state index in [9.17, 15) is 9.46 Å². The Morgan fingerprint density at radius 3 is 1.33 bits per heavy atom. The van der Waals surface area contributed by atoms with E-state index in [2.05, 4.69) is 55.4 Å². The van der Waals surface area contributed by atoms with E-state index in [0.717, 1.165) is 25.7 Å². The van der Waals surface area contributed by atoms with Gasteiger partial charge in [-0.25, -0.2) is 0 Å². The highest BCUT2D eigenvalue weighted by Gasteiger charge is 2.23. The van der Waals surface area contributed by atoms with Crippen molar-refractivity contribution in [3.05, 3.63) is 0 Å². The standard InChI is InChI=1S/C18H39O2P/c1-15(13-17(3,4)5)9-11-21(19,20)12-10-16(2)14-18(6,7)8/h15-16H,9-14H2,1-8H3,(H,19,20). The molecule has 0 aromatic rings. The maximum Gasteiger partial charge on any atom is 0.200 e. The molecule has 0 aliphatic carbocycles. The van der Waals surface area contributed by atoms with Crippen LogP contribution in [0.2, 0.25) is 0 Å². The van der Waals surface area contributed by atoms with Crippen molar-refractivity contribution < 1.29 is 9.46 Å². The van der Waals surface area contributed by atoms with Crippen molar-refractivity contribution in [3.63, 3.8) is 0 Å². The predicted octanol–water partition coefficient (Wildman–Crippen LogP) is 6.18. The molecule has 21 heavy (non-hydrogen) atoms. The van der Waals surface area contributed by atoms with Crippen molar-refractivity contribution in [2.45, 2.75) is 81.1 Å². The van der Waals surface area contributed by atoms with Crippen LogP contribution in [-0.4, -0.2) is 17.2 Å². The summed E-state index contributed by atoms with van der Waals surface area (Å²) in [7, 11) is -2.93. The predicted molar refractivity (Wildman–Crippen MR) is 95.3 cm³/mol. The molecule has 0 aliphatic heterocycles. The molecule has 1 N–H and O–H groups in total. The van der Waals surface area contributed by atoms with Gasteiger partial charge in [0.25, 0.3) is 0 Å². The molecule has 0 fully saturated rings. The monoisotopic (exact) mass is 318 g/mol. The average molecular weight is 318 g/mol. The lowest BCUT2D eigenvalue weighted by Crippen LogP contribution is -2.14. The smallest absolute Gasteiger partial charge is 0.200 e. The quantitative estimate of drug-likeness (QED) is 0.542. The minimum Gasteiger partial charge on any atom is -0.344 e. The second kappa shape index (κ2) is 8.16. The van der Waals surface area contributed by atoms with Crippen molar-refractivity contribution in [3.8, 4) is 0 Å². The first kappa shape index (κ1) is 21.2. The van der Waals surface area contributed by atoms with Crippen LogP contribution in [0.25, 0.3) is 0 Å². The summed E-state index contributed by atoms with van der Waals surface area (Å²) in [6, 6.07) is 0.